The molecule has 0 heterocycles. The topological polar surface area (TPSA) is 46.2 Å². The molecule has 1 unspecified atom stereocenters. The second kappa shape index (κ2) is 18.4. The van der Waals surface area contributed by atoms with Crippen LogP contribution in [0.2, 0.25) is 0 Å². The van der Waals surface area contributed by atoms with Gasteiger partial charge in [-0.2, -0.15) is 0 Å². The van der Waals surface area contributed by atoms with E-state index in [1.165, 1.54) is 0 Å². The average molecular weight is 295 g/mol. The zero-order valence-electron chi connectivity index (χ0n) is 14.7. The maximum Gasteiger partial charge on any atom is 0.234 e. The summed E-state index contributed by atoms with van der Waals surface area (Å²) in [6.07, 6.45) is 7.25. The van der Waals surface area contributed by atoms with Gasteiger partial charge in [0.1, 0.15) is 0 Å². The van der Waals surface area contributed by atoms with Crippen molar-refractivity contribution in [3.05, 3.63) is 37.0 Å². The fourth-order valence-electron chi connectivity index (χ4n) is 1.49. The van der Waals surface area contributed by atoms with E-state index in [1.54, 1.807) is 19.1 Å². The van der Waals surface area contributed by atoms with E-state index in [1.807, 2.05) is 40.7 Å². The summed E-state index contributed by atoms with van der Waals surface area (Å²) in [7, 11) is 0. The predicted molar refractivity (Wildman–Crippen MR) is 93.0 cm³/mol. The molecule has 0 aromatic heterocycles. The third-order valence-corrected chi connectivity index (χ3v) is 2.39. The van der Waals surface area contributed by atoms with Crippen LogP contribution >= 0.6 is 0 Å². The molecular weight excluding hydrogens is 262 g/mol. The number of imide groups is 1. The summed E-state index contributed by atoms with van der Waals surface area (Å²) >= 11 is 0. The van der Waals surface area contributed by atoms with Crippen molar-refractivity contribution in [1.82, 2.24) is 5.32 Å². The van der Waals surface area contributed by atoms with Crippen molar-refractivity contribution < 1.29 is 9.59 Å². The molecule has 0 aromatic carbocycles. The Morgan fingerprint density at radius 2 is 1.62 bits per heavy atom. The van der Waals surface area contributed by atoms with E-state index in [0.29, 0.717) is 12.8 Å². The summed E-state index contributed by atoms with van der Waals surface area (Å²) in [6, 6.07) is 0. The van der Waals surface area contributed by atoms with Gasteiger partial charge in [-0.3, -0.25) is 14.9 Å². The molecule has 0 spiro atoms. The van der Waals surface area contributed by atoms with Crippen molar-refractivity contribution in [2.75, 3.05) is 0 Å². The first kappa shape index (κ1) is 24.4. The minimum absolute atomic E-state index is 0.228. The molecule has 0 rings (SSSR count). The number of nitrogens with one attached hydrogen (secondary N) is 1. The zero-order valence-corrected chi connectivity index (χ0v) is 14.7. The maximum absolute atomic E-state index is 11.8. The Hall–Kier alpha value is -1.64. The van der Waals surface area contributed by atoms with E-state index in [2.05, 4.69) is 18.5 Å². The molecule has 0 radical (unpaired) electrons. The van der Waals surface area contributed by atoms with Gasteiger partial charge in [0.05, 0.1) is 5.92 Å². The van der Waals surface area contributed by atoms with E-state index in [9.17, 15) is 9.59 Å². The quantitative estimate of drug-likeness (QED) is 0.565. The van der Waals surface area contributed by atoms with Crippen LogP contribution in [-0.4, -0.2) is 11.8 Å². The van der Waals surface area contributed by atoms with Crippen LogP contribution in [0.25, 0.3) is 0 Å². The Bertz CT molecular complexity index is 330. The number of hydrogen-bond donors (Lipinski definition) is 1. The van der Waals surface area contributed by atoms with Gasteiger partial charge in [0.2, 0.25) is 11.8 Å². The highest BCUT2D eigenvalue weighted by Crippen LogP contribution is 2.17. The van der Waals surface area contributed by atoms with Crippen molar-refractivity contribution >= 4 is 11.8 Å². The van der Waals surface area contributed by atoms with Crippen LogP contribution in [0.15, 0.2) is 37.0 Å². The third-order valence-electron chi connectivity index (χ3n) is 2.39. The van der Waals surface area contributed by atoms with Gasteiger partial charge in [0.25, 0.3) is 0 Å². The molecule has 1 N–H and O–H groups in total. The van der Waals surface area contributed by atoms with Gasteiger partial charge in [-0.15, -0.1) is 6.58 Å². The molecule has 0 saturated heterocycles. The van der Waals surface area contributed by atoms with Crippen LogP contribution in [0.1, 0.15) is 60.8 Å². The smallest absolute Gasteiger partial charge is 0.234 e. The number of rotatable bonds is 6. The van der Waals surface area contributed by atoms with E-state index in [-0.39, 0.29) is 17.7 Å². The van der Waals surface area contributed by atoms with Crippen LogP contribution in [0.3, 0.4) is 0 Å². The zero-order chi connectivity index (χ0) is 17.3. The van der Waals surface area contributed by atoms with Gasteiger partial charge in [-0.1, -0.05) is 59.4 Å². The first-order valence-electron chi connectivity index (χ1n) is 7.75. The molecule has 0 saturated carbocycles. The Morgan fingerprint density at radius 3 is 1.90 bits per heavy atom. The summed E-state index contributed by atoms with van der Waals surface area (Å²) in [5.41, 5.74) is 0.895. The van der Waals surface area contributed by atoms with Crippen LogP contribution in [0.4, 0.5) is 0 Å². The van der Waals surface area contributed by atoms with E-state index in [4.69, 9.17) is 0 Å². The largest absolute Gasteiger partial charge is 0.296 e. The second-order valence-electron chi connectivity index (χ2n) is 3.95. The Kier molecular flexibility index (Phi) is 21.3. The number of hydrogen-bond acceptors (Lipinski definition) is 2. The highest BCUT2D eigenvalue weighted by atomic mass is 16.2. The van der Waals surface area contributed by atoms with E-state index < -0.39 is 0 Å². The fraction of sp³-hybridized carbons (Fsp3) is 0.556. The molecule has 3 nitrogen and oxygen atoms in total. The SMILES string of the molecule is C=C/C(=C\CC)C(CC)C(=O)NC(=O)CC.C=CC.CC. The summed E-state index contributed by atoms with van der Waals surface area (Å²) in [5, 5.41) is 2.39. The number of carbonyl (C=O) groups is 2. The highest BCUT2D eigenvalue weighted by Gasteiger charge is 2.20. The van der Waals surface area contributed by atoms with Crippen LogP contribution in [0, 0.1) is 5.92 Å². The van der Waals surface area contributed by atoms with Crippen molar-refractivity contribution in [2.24, 2.45) is 5.92 Å². The lowest BCUT2D eigenvalue weighted by Crippen LogP contribution is -2.35. The maximum atomic E-state index is 11.8. The van der Waals surface area contributed by atoms with Crippen molar-refractivity contribution in [1.29, 1.82) is 0 Å². The Labute approximate surface area is 131 Å². The molecular formula is C18H33NO2. The molecule has 0 aromatic rings. The van der Waals surface area contributed by atoms with Gasteiger partial charge < -0.3 is 0 Å². The molecule has 0 aliphatic carbocycles. The lowest BCUT2D eigenvalue weighted by Gasteiger charge is -2.15. The van der Waals surface area contributed by atoms with Crippen molar-refractivity contribution in [2.45, 2.75) is 60.8 Å². The Morgan fingerprint density at radius 1 is 1.14 bits per heavy atom. The standard InChI is InChI=1S/C13H21NO2.C3H6.C2H6/c1-5-9-10(6-2)11(7-3)13(16)14-12(15)8-4;1-3-2;1-2/h6,9,11H,2,5,7-8H2,1,3-4H3,(H,14,15,16);3H,1H2,2H3;1-2H3/b10-9+;;. The molecule has 0 aliphatic rings. The van der Waals surface area contributed by atoms with Crippen molar-refractivity contribution in [3.63, 3.8) is 0 Å². The summed E-state index contributed by atoms with van der Waals surface area (Å²) in [5.74, 6) is -0.731. The van der Waals surface area contributed by atoms with Crippen molar-refractivity contribution in [3.8, 4) is 0 Å². The van der Waals surface area contributed by atoms with Crippen LogP contribution < -0.4 is 5.32 Å². The minimum atomic E-state index is -0.270. The molecule has 2 amide bonds. The predicted octanol–water partition coefficient (Wildman–Crippen LogP) is 4.81. The number of amides is 2. The normalized spacial score (nSPS) is 10.9. The summed E-state index contributed by atoms with van der Waals surface area (Å²) in [4.78, 5) is 22.9. The number of carbonyl (C=O) groups excluding carboxylic acids is 2. The summed E-state index contributed by atoms with van der Waals surface area (Å²) < 4.78 is 0. The van der Waals surface area contributed by atoms with Gasteiger partial charge in [-0.05, 0) is 25.3 Å². The Balaban J connectivity index is -0.000000569. The monoisotopic (exact) mass is 295 g/mol. The highest BCUT2D eigenvalue weighted by molar-refractivity contribution is 5.97. The molecule has 3 heteroatoms. The van der Waals surface area contributed by atoms with Gasteiger partial charge in [0.15, 0.2) is 0 Å². The molecule has 1 atom stereocenters. The van der Waals surface area contributed by atoms with Gasteiger partial charge in [0, 0.05) is 6.42 Å². The van der Waals surface area contributed by atoms with Crippen LogP contribution in [0.5, 0.6) is 0 Å². The third kappa shape index (κ3) is 13.1. The average Bonchev–Trinajstić information content (AvgIpc) is 2.49. The lowest BCUT2D eigenvalue weighted by atomic mass is 9.94. The first-order chi connectivity index (χ1) is 10.0. The lowest BCUT2D eigenvalue weighted by molar-refractivity contribution is -0.131. The molecule has 0 fully saturated rings. The molecule has 0 aliphatic heterocycles. The fourth-order valence-corrected chi connectivity index (χ4v) is 1.49. The molecule has 122 valence electrons. The number of allylic oxidation sites excluding steroid dienone is 3. The van der Waals surface area contributed by atoms with E-state index >= 15 is 0 Å². The van der Waals surface area contributed by atoms with E-state index in [0.717, 1.165) is 12.0 Å². The first-order valence-corrected chi connectivity index (χ1v) is 7.75. The minimum Gasteiger partial charge on any atom is -0.296 e. The molecule has 0 bridgehead atoms. The van der Waals surface area contributed by atoms with Gasteiger partial charge >= 0.3 is 0 Å². The van der Waals surface area contributed by atoms with Crippen LogP contribution in [-0.2, 0) is 9.59 Å². The second-order valence-corrected chi connectivity index (χ2v) is 3.95. The van der Waals surface area contributed by atoms with Gasteiger partial charge in [-0.25, -0.2) is 0 Å². The summed E-state index contributed by atoms with van der Waals surface area (Å²) in [6.45, 7) is 18.6. The molecule has 21 heavy (non-hydrogen) atoms.